The molecule has 0 N–H and O–H groups in total. The van der Waals surface area contributed by atoms with Crippen molar-refractivity contribution < 1.29 is 4.42 Å². The third-order valence-electron chi connectivity index (χ3n) is 10.5. The number of anilines is 6. The molecule has 3 nitrogen and oxygen atoms in total. The summed E-state index contributed by atoms with van der Waals surface area (Å²) in [6, 6.07) is 76.2. The molecule has 0 unspecified atom stereocenters. The van der Waals surface area contributed by atoms with Crippen LogP contribution in [0, 0.1) is 0 Å². The van der Waals surface area contributed by atoms with E-state index in [0.717, 1.165) is 67.5 Å². The van der Waals surface area contributed by atoms with Gasteiger partial charge < -0.3 is 14.2 Å². The Kier molecular flexibility index (Phi) is 11.7. The van der Waals surface area contributed by atoms with Crippen molar-refractivity contribution >= 4 is 69.4 Å². The van der Waals surface area contributed by atoms with Crippen LogP contribution in [0.4, 0.5) is 34.1 Å². The molecule has 3 heteroatoms. The topological polar surface area (TPSA) is 19.6 Å². The minimum Gasteiger partial charge on any atom is -0.456 e. The third-order valence-corrected chi connectivity index (χ3v) is 10.5. The fourth-order valence-corrected chi connectivity index (χ4v) is 7.40. The maximum absolute atomic E-state index is 6.48. The fourth-order valence-electron chi connectivity index (χ4n) is 7.40. The van der Waals surface area contributed by atoms with Gasteiger partial charge in [-0.05, 0) is 119 Å². The predicted molar refractivity (Wildman–Crippen MR) is 260 cm³/mol. The maximum Gasteiger partial charge on any atom is 0.135 e. The molecule has 0 radical (unpaired) electrons. The summed E-state index contributed by atoms with van der Waals surface area (Å²) >= 11 is 0. The normalized spacial score (nSPS) is 11.7. The number of hydrogen-bond donors (Lipinski definition) is 0. The molecule has 0 spiro atoms. The Balaban J connectivity index is 0.947. The minimum atomic E-state index is 0.825. The van der Waals surface area contributed by atoms with Gasteiger partial charge in [-0.1, -0.05) is 170 Å². The van der Waals surface area contributed by atoms with E-state index in [0.29, 0.717) is 0 Å². The molecular weight excluding hydrogens is 741 g/mol. The molecule has 8 aromatic carbocycles. The molecule has 1 aromatic heterocycles. The lowest BCUT2D eigenvalue weighted by Crippen LogP contribution is -2.09. The van der Waals surface area contributed by atoms with E-state index in [-0.39, 0.29) is 0 Å². The lowest BCUT2D eigenvalue weighted by atomic mass is 10.1. The standard InChI is InChI=1S/C58H44N2O/c1-5-17-45(18-6-1)21-13-15-23-47-29-35-53(36-30-47)59(51-25-9-3-10-26-51)55-39-33-49(34-40-55)58-44-50-43-56(41-42-57(50)61-58)60(52-27-11-4-12-28-52)54-37-31-48(32-38-54)24-16-14-22-46-19-7-2-8-20-46/h1-44H/b21-13+,22-14+,23-15+,24-16+. The molecule has 0 bridgehead atoms. The first-order valence-corrected chi connectivity index (χ1v) is 20.6. The van der Waals surface area contributed by atoms with Crippen LogP contribution in [0.3, 0.4) is 0 Å². The minimum absolute atomic E-state index is 0.825. The van der Waals surface area contributed by atoms with E-state index in [1.54, 1.807) is 0 Å². The Hall–Kier alpha value is -8.14. The third kappa shape index (κ3) is 9.44. The van der Waals surface area contributed by atoms with Crippen molar-refractivity contribution in [2.24, 2.45) is 0 Å². The molecule has 9 rings (SSSR count). The summed E-state index contributed by atoms with van der Waals surface area (Å²) in [7, 11) is 0. The number of hydrogen-bond acceptors (Lipinski definition) is 3. The molecule has 0 saturated heterocycles. The van der Waals surface area contributed by atoms with Gasteiger partial charge in [-0.2, -0.15) is 0 Å². The average Bonchev–Trinajstić information content (AvgIpc) is 3.76. The molecule has 0 aliphatic rings. The molecule has 0 aliphatic carbocycles. The van der Waals surface area contributed by atoms with Crippen LogP contribution in [0.2, 0.25) is 0 Å². The monoisotopic (exact) mass is 784 g/mol. The first kappa shape index (κ1) is 38.4. The number of furan rings is 1. The van der Waals surface area contributed by atoms with Crippen LogP contribution in [0.15, 0.2) is 247 Å². The number of allylic oxidation sites excluding steroid dienone is 4. The van der Waals surface area contributed by atoms with E-state index in [9.17, 15) is 0 Å². The van der Waals surface area contributed by atoms with Crippen molar-refractivity contribution in [2.45, 2.75) is 0 Å². The molecule has 9 aromatic rings. The second-order valence-corrected chi connectivity index (χ2v) is 14.7. The Labute approximate surface area is 358 Å². The van der Waals surface area contributed by atoms with Gasteiger partial charge in [0.2, 0.25) is 0 Å². The molecular formula is C58H44N2O. The van der Waals surface area contributed by atoms with Gasteiger partial charge in [0.25, 0.3) is 0 Å². The summed E-state index contributed by atoms with van der Waals surface area (Å²) in [5.41, 5.74) is 12.9. The van der Waals surface area contributed by atoms with Crippen LogP contribution in [0.25, 0.3) is 46.6 Å². The Morgan fingerprint density at radius 3 is 1.08 bits per heavy atom. The van der Waals surface area contributed by atoms with Crippen molar-refractivity contribution in [3.8, 4) is 11.3 Å². The zero-order valence-electron chi connectivity index (χ0n) is 33.7. The summed E-state index contributed by atoms with van der Waals surface area (Å²) in [5, 5.41) is 1.04. The van der Waals surface area contributed by atoms with Gasteiger partial charge in [0.05, 0.1) is 0 Å². The molecule has 0 saturated carbocycles. The number of benzene rings is 8. The van der Waals surface area contributed by atoms with Crippen molar-refractivity contribution in [3.05, 3.63) is 265 Å². The smallest absolute Gasteiger partial charge is 0.135 e. The molecule has 0 atom stereocenters. The van der Waals surface area contributed by atoms with Crippen LogP contribution in [0.5, 0.6) is 0 Å². The van der Waals surface area contributed by atoms with E-state index in [1.165, 1.54) is 11.1 Å². The van der Waals surface area contributed by atoms with E-state index in [2.05, 4.69) is 265 Å². The van der Waals surface area contributed by atoms with E-state index < -0.39 is 0 Å². The molecule has 61 heavy (non-hydrogen) atoms. The van der Waals surface area contributed by atoms with Crippen LogP contribution in [-0.4, -0.2) is 0 Å². The molecule has 0 amide bonds. The van der Waals surface area contributed by atoms with Crippen molar-refractivity contribution in [1.29, 1.82) is 0 Å². The fraction of sp³-hybridized carbons (Fsp3) is 0. The number of nitrogens with zero attached hydrogens (tertiary/aromatic N) is 2. The van der Waals surface area contributed by atoms with Gasteiger partial charge in [-0.3, -0.25) is 0 Å². The maximum atomic E-state index is 6.48. The van der Waals surface area contributed by atoms with Crippen LogP contribution < -0.4 is 9.80 Å². The molecule has 1 heterocycles. The number of para-hydroxylation sites is 2. The summed E-state index contributed by atoms with van der Waals surface area (Å²) in [4.78, 5) is 4.56. The second-order valence-electron chi connectivity index (χ2n) is 14.7. The summed E-state index contributed by atoms with van der Waals surface area (Å²) in [6.07, 6.45) is 16.8. The van der Waals surface area contributed by atoms with Crippen LogP contribution in [-0.2, 0) is 0 Å². The Morgan fingerprint density at radius 1 is 0.295 bits per heavy atom. The summed E-state index contributed by atoms with van der Waals surface area (Å²) in [5.74, 6) is 0.825. The van der Waals surface area contributed by atoms with Gasteiger partial charge >= 0.3 is 0 Å². The summed E-state index contributed by atoms with van der Waals surface area (Å²) < 4.78 is 6.48. The van der Waals surface area contributed by atoms with Gasteiger partial charge in [0.15, 0.2) is 0 Å². The lowest BCUT2D eigenvalue weighted by molar-refractivity contribution is 0.631. The van der Waals surface area contributed by atoms with Crippen molar-refractivity contribution in [1.82, 2.24) is 0 Å². The van der Waals surface area contributed by atoms with Crippen molar-refractivity contribution in [3.63, 3.8) is 0 Å². The largest absolute Gasteiger partial charge is 0.456 e. The lowest BCUT2D eigenvalue weighted by Gasteiger charge is -2.25. The van der Waals surface area contributed by atoms with Gasteiger partial charge in [0.1, 0.15) is 11.3 Å². The first-order valence-electron chi connectivity index (χ1n) is 20.6. The number of rotatable bonds is 13. The van der Waals surface area contributed by atoms with Gasteiger partial charge in [-0.25, -0.2) is 0 Å². The zero-order chi connectivity index (χ0) is 41.1. The van der Waals surface area contributed by atoms with Crippen molar-refractivity contribution in [2.75, 3.05) is 9.80 Å². The molecule has 292 valence electrons. The van der Waals surface area contributed by atoms with Gasteiger partial charge in [-0.15, -0.1) is 0 Å². The van der Waals surface area contributed by atoms with E-state index in [1.807, 2.05) is 12.1 Å². The van der Waals surface area contributed by atoms with E-state index in [4.69, 9.17) is 4.42 Å². The van der Waals surface area contributed by atoms with E-state index >= 15 is 0 Å². The zero-order valence-corrected chi connectivity index (χ0v) is 33.7. The first-order chi connectivity index (χ1) is 30.2. The van der Waals surface area contributed by atoms with Gasteiger partial charge in [0, 0.05) is 45.1 Å². The predicted octanol–water partition coefficient (Wildman–Crippen LogP) is 16.5. The van der Waals surface area contributed by atoms with Crippen LogP contribution >= 0.6 is 0 Å². The highest BCUT2D eigenvalue weighted by atomic mass is 16.3. The molecule has 0 aliphatic heterocycles. The Bertz CT molecular complexity index is 2910. The second kappa shape index (κ2) is 18.6. The SMILES string of the molecule is C(/C=C/c1ccc(N(c2ccccc2)c2ccc(-c3cc4cc(N(c5ccccc5)c5ccc(/C=C/C=C/c6ccccc6)cc5)ccc4o3)cc2)cc1)=C\c1ccccc1. The molecule has 0 fully saturated rings. The quantitative estimate of drug-likeness (QED) is 0.109. The van der Waals surface area contributed by atoms with Crippen LogP contribution in [0.1, 0.15) is 22.3 Å². The Morgan fingerprint density at radius 2 is 0.639 bits per heavy atom. The highest BCUT2D eigenvalue weighted by Gasteiger charge is 2.16. The number of fused-ring (bicyclic) bond motifs is 1. The summed E-state index contributed by atoms with van der Waals surface area (Å²) in [6.45, 7) is 0. The average molecular weight is 785 g/mol. The highest BCUT2D eigenvalue weighted by molar-refractivity contribution is 5.89. The highest BCUT2D eigenvalue weighted by Crippen LogP contribution is 2.39.